The predicted octanol–water partition coefficient (Wildman–Crippen LogP) is 5.69. The van der Waals surface area contributed by atoms with E-state index in [1.807, 2.05) is 12.1 Å². The number of aliphatic hydroxyl groups excluding tert-OH is 1. The molecule has 0 saturated heterocycles. The maximum Gasteiger partial charge on any atom is 0.134 e. The van der Waals surface area contributed by atoms with Crippen molar-refractivity contribution in [2.24, 2.45) is 0 Å². The SMILES string of the molecule is CC(C)[Si](Cc1c(CO)oc2ccccc12)(C(C)C)C(C)C. The molecule has 0 bridgehead atoms. The van der Waals surface area contributed by atoms with Gasteiger partial charge < -0.3 is 9.52 Å². The quantitative estimate of drug-likeness (QED) is 0.694. The number of furan rings is 1. The van der Waals surface area contributed by atoms with Crippen molar-refractivity contribution < 1.29 is 9.52 Å². The van der Waals surface area contributed by atoms with Crippen molar-refractivity contribution in [1.29, 1.82) is 0 Å². The van der Waals surface area contributed by atoms with Crippen molar-refractivity contribution in [2.75, 3.05) is 0 Å². The summed E-state index contributed by atoms with van der Waals surface area (Å²) in [5.74, 6) is 0.764. The Labute approximate surface area is 135 Å². The van der Waals surface area contributed by atoms with Crippen LogP contribution in [0.4, 0.5) is 0 Å². The third-order valence-electron chi connectivity index (χ3n) is 5.63. The van der Waals surface area contributed by atoms with Gasteiger partial charge in [-0.1, -0.05) is 76.4 Å². The zero-order valence-electron chi connectivity index (χ0n) is 14.8. The highest BCUT2D eigenvalue weighted by molar-refractivity contribution is 6.83. The number of aliphatic hydroxyl groups is 1. The summed E-state index contributed by atoms with van der Waals surface area (Å²) in [5.41, 5.74) is 4.26. The first kappa shape index (κ1) is 17.3. The van der Waals surface area contributed by atoms with Crippen LogP contribution in [0.2, 0.25) is 16.6 Å². The fourth-order valence-electron chi connectivity index (χ4n) is 4.39. The predicted molar refractivity (Wildman–Crippen MR) is 96.9 cm³/mol. The Kier molecular flexibility index (Phi) is 5.18. The molecule has 0 aliphatic rings. The molecular weight excluding hydrogens is 288 g/mol. The van der Waals surface area contributed by atoms with Crippen LogP contribution in [0.1, 0.15) is 52.9 Å². The minimum atomic E-state index is -1.57. The highest BCUT2D eigenvalue weighted by Gasteiger charge is 2.43. The van der Waals surface area contributed by atoms with E-state index >= 15 is 0 Å². The molecule has 0 aliphatic heterocycles. The van der Waals surface area contributed by atoms with E-state index in [-0.39, 0.29) is 6.61 Å². The first-order valence-electron chi connectivity index (χ1n) is 8.44. The number of hydrogen-bond donors (Lipinski definition) is 1. The lowest BCUT2D eigenvalue weighted by Gasteiger charge is -2.43. The van der Waals surface area contributed by atoms with E-state index < -0.39 is 8.07 Å². The minimum Gasteiger partial charge on any atom is -0.458 e. The molecule has 0 saturated carbocycles. The molecule has 2 aromatic rings. The van der Waals surface area contributed by atoms with Crippen LogP contribution in [0, 0.1) is 0 Å². The summed E-state index contributed by atoms with van der Waals surface area (Å²) in [5, 5.41) is 10.9. The number of hydrogen-bond acceptors (Lipinski definition) is 2. The molecule has 0 fully saturated rings. The Balaban J connectivity index is 2.60. The molecule has 0 atom stereocenters. The largest absolute Gasteiger partial charge is 0.458 e. The lowest BCUT2D eigenvalue weighted by atomic mass is 10.1. The van der Waals surface area contributed by atoms with E-state index in [0.717, 1.165) is 17.4 Å². The van der Waals surface area contributed by atoms with E-state index in [1.165, 1.54) is 10.9 Å². The van der Waals surface area contributed by atoms with Crippen LogP contribution >= 0.6 is 0 Å². The van der Waals surface area contributed by atoms with E-state index in [0.29, 0.717) is 16.6 Å². The van der Waals surface area contributed by atoms with Gasteiger partial charge in [-0.2, -0.15) is 0 Å². The Morgan fingerprint density at radius 2 is 1.50 bits per heavy atom. The van der Waals surface area contributed by atoms with Crippen LogP contribution in [0.15, 0.2) is 28.7 Å². The highest BCUT2D eigenvalue weighted by atomic mass is 28.3. The van der Waals surface area contributed by atoms with Gasteiger partial charge in [-0.3, -0.25) is 0 Å². The topological polar surface area (TPSA) is 33.4 Å². The van der Waals surface area contributed by atoms with Crippen LogP contribution in [-0.4, -0.2) is 13.2 Å². The molecule has 1 aromatic heterocycles. The molecule has 3 heteroatoms. The number of benzene rings is 1. The van der Waals surface area contributed by atoms with Crippen LogP contribution < -0.4 is 0 Å². The number of para-hydroxylation sites is 1. The summed E-state index contributed by atoms with van der Waals surface area (Å²) in [6, 6.07) is 9.28. The van der Waals surface area contributed by atoms with Crippen molar-refractivity contribution in [3.63, 3.8) is 0 Å². The molecule has 0 aliphatic carbocycles. The molecular formula is C19H30O2Si. The van der Waals surface area contributed by atoms with E-state index in [4.69, 9.17) is 4.42 Å². The van der Waals surface area contributed by atoms with Gasteiger partial charge in [0, 0.05) is 10.9 Å². The summed E-state index contributed by atoms with van der Waals surface area (Å²) in [4.78, 5) is 0. The maximum atomic E-state index is 9.75. The summed E-state index contributed by atoms with van der Waals surface area (Å²) in [7, 11) is -1.57. The molecule has 1 heterocycles. The molecule has 2 rings (SSSR count). The lowest BCUT2D eigenvalue weighted by Crippen LogP contribution is -2.47. The third kappa shape index (κ3) is 2.77. The monoisotopic (exact) mass is 318 g/mol. The van der Waals surface area contributed by atoms with Crippen molar-refractivity contribution in [3.8, 4) is 0 Å². The smallest absolute Gasteiger partial charge is 0.134 e. The highest BCUT2D eigenvalue weighted by Crippen LogP contribution is 2.45. The Morgan fingerprint density at radius 1 is 0.955 bits per heavy atom. The Hall–Kier alpha value is -1.06. The van der Waals surface area contributed by atoms with Crippen molar-refractivity contribution in [3.05, 3.63) is 35.6 Å². The van der Waals surface area contributed by atoms with Crippen LogP contribution in [0.5, 0.6) is 0 Å². The molecule has 22 heavy (non-hydrogen) atoms. The van der Waals surface area contributed by atoms with Gasteiger partial charge in [0.25, 0.3) is 0 Å². The number of rotatable bonds is 6. The first-order valence-corrected chi connectivity index (χ1v) is 10.9. The Bertz CT molecular complexity index is 604. The van der Waals surface area contributed by atoms with E-state index in [2.05, 4.69) is 53.7 Å². The lowest BCUT2D eigenvalue weighted by molar-refractivity contribution is 0.249. The van der Waals surface area contributed by atoms with Gasteiger partial charge in [-0.05, 0) is 12.1 Å². The zero-order valence-corrected chi connectivity index (χ0v) is 15.8. The first-order chi connectivity index (χ1) is 10.3. The average molecular weight is 319 g/mol. The van der Waals surface area contributed by atoms with Crippen molar-refractivity contribution >= 4 is 19.0 Å². The summed E-state index contributed by atoms with van der Waals surface area (Å²) >= 11 is 0. The molecule has 0 radical (unpaired) electrons. The molecule has 1 aromatic carbocycles. The second-order valence-corrected chi connectivity index (χ2v) is 13.5. The summed E-state index contributed by atoms with van der Waals surface area (Å²) in [6.45, 7) is 14.3. The van der Waals surface area contributed by atoms with Gasteiger partial charge in [0.05, 0.1) is 8.07 Å². The van der Waals surface area contributed by atoms with Crippen LogP contribution in [0.3, 0.4) is 0 Å². The van der Waals surface area contributed by atoms with E-state index in [9.17, 15) is 5.11 Å². The van der Waals surface area contributed by atoms with E-state index in [1.54, 1.807) is 0 Å². The fraction of sp³-hybridized carbons (Fsp3) is 0.579. The van der Waals surface area contributed by atoms with Gasteiger partial charge in [0.15, 0.2) is 0 Å². The maximum absolute atomic E-state index is 9.75. The van der Waals surface area contributed by atoms with Crippen molar-refractivity contribution in [1.82, 2.24) is 0 Å². The molecule has 0 amide bonds. The third-order valence-corrected chi connectivity index (χ3v) is 13.0. The Morgan fingerprint density at radius 3 is 2.00 bits per heavy atom. The van der Waals surface area contributed by atoms with Crippen molar-refractivity contribution in [2.45, 2.75) is 70.8 Å². The zero-order chi connectivity index (χ0) is 16.5. The summed E-state index contributed by atoms with van der Waals surface area (Å²) < 4.78 is 5.91. The molecule has 0 unspecified atom stereocenters. The average Bonchev–Trinajstić information content (AvgIpc) is 2.81. The van der Waals surface area contributed by atoms with Gasteiger partial charge in [-0.25, -0.2) is 0 Å². The standard InChI is InChI=1S/C19H30O2Si/c1-13(2)22(14(3)4,15(5)6)12-17-16-9-7-8-10-18(16)21-19(17)11-20/h7-10,13-15,20H,11-12H2,1-6H3. The van der Waals surface area contributed by atoms with Crippen LogP contribution in [-0.2, 0) is 12.7 Å². The molecule has 1 N–H and O–H groups in total. The summed E-state index contributed by atoms with van der Waals surface area (Å²) in [6.07, 6.45) is 0. The number of fused-ring (bicyclic) bond motifs is 1. The molecule has 122 valence electrons. The van der Waals surface area contributed by atoms with Gasteiger partial charge in [0.2, 0.25) is 0 Å². The van der Waals surface area contributed by atoms with Gasteiger partial charge in [-0.15, -0.1) is 0 Å². The minimum absolute atomic E-state index is 0.0111. The fourth-order valence-corrected chi connectivity index (χ4v) is 10.6. The van der Waals surface area contributed by atoms with Gasteiger partial charge >= 0.3 is 0 Å². The molecule has 2 nitrogen and oxygen atoms in total. The second-order valence-electron chi connectivity index (χ2n) is 7.41. The normalized spacial score (nSPS) is 13.0. The molecule has 0 spiro atoms. The second kappa shape index (κ2) is 6.59. The van der Waals surface area contributed by atoms with Crippen LogP contribution in [0.25, 0.3) is 11.0 Å². The van der Waals surface area contributed by atoms with Gasteiger partial charge in [0.1, 0.15) is 18.0 Å².